The second kappa shape index (κ2) is 23.8. The summed E-state index contributed by atoms with van der Waals surface area (Å²) in [6.07, 6.45) is 28.2. The van der Waals surface area contributed by atoms with Gasteiger partial charge in [0.15, 0.2) is 0 Å². The van der Waals surface area contributed by atoms with Crippen molar-refractivity contribution < 1.29 is 14.6 Å². The third-order valence-corrected chi connectivity index (χ3v) is 6.29. The third-order valence-electron chi connectivity index (χ3n) is 6.29. The molecule has 0 fully saturated rings. The van der Waals surface area contributed by atoms with Crippen molar-refractivity contribution in [2.75, 3.05) is 6.61 Å². The van der Waals surface area contributed by atoms with Crippen molar-refractivity contribution in [1.82, 2.24) is 0 Å². The fourth-order valence-electron chi connectivity index (χ4n) is 4.05. The van der Waals surface area contributed by atoms with Crippen LogP contribution in [-0.4, -0.2) is 23.8 Å². The lowest BCUT2D eigenvalue weighted by Crippen LogP contribution is -2.28. The first kappa shape index (κ1) is 30.2. The molecule has 184 valence electrons. The molecule has 0 aromatic heterocycles. The molecule has 0 aliphatic carbocycles. The summed E-state index contributed by atoms with van der Waals surface area (Å²) in [4.78, 5) is 11.5. The molecule has 0 rings (SSSR count). The number of allylic oxidation sites excluding steroid dienone is 2. The lowest BCUT2D eigenvalue weighted by atomic mass is 9.95. The molecule has 0 bridgehead atoms. The normalized spacial score (nSPS) is 13.6. The fraction of sp³-hybridized carbons (Fsp3) is 0.893. The summed E-state index contributed by atoms with van der Waals surface area (Å²) < 4.78 is 5.71. The molecule has 3 nitrogen and oxygen atoms in total. The maximum absolute atomic E-state index is 11.5. The summed E-state index contributed by atoms with van der Waals surface area (Å²) in [6, 6.07) is 0. The summed E-state index contributed by atoms with van der Waals surface area (Å²) >= 11 is 0. The second-order valence-corrected chi connectivity index (χ2v) is 9.31. The monoisotopic (exact) mass is 438 g/mol. The van der Waals surface area contributed by atoms with E-state index in [0.717, 1.165) is 32.1 Å². The summed E-state index contributed by atoms with van der Waals surface area (Å²) in [5.74, 6) is -1.06. The third kappa shape index (κ3) is 20.8. The average molecular weight is 439 g/mol. The molecule has 0 radical (unpaired) electrons. The van der Waals surface area contributed by atoms with Crippen LogP contribution in [0, 0.1) is 5.92 Å². The maximum atomic E-state index is 11.5. The lowest BCUT2D eigenvalue weighted by molar-refractivity contribution is -0.147. The second-order valence-electron chi connectivity index (χ2n) is 9.31. The number of hydrogen-bond acceptors (Lipinski definition) is 2. The molecule has 0 saturated heterocycles. The van der Waals surface area contributed by atoms with E-state index >= 15 is 0 Å². The van der Waals surface area contributed by atoms with E-state index in [9.17, 15) is 9.90 Å². The van der Waals surface area contributed by atoms with Gasteiger partial charge in [-0.3, -0.25) is 4.79 Å². The lowest BCUT2D eigenvalue weighted by Gasteiger charge is -2.20. The molecule has 0 amide bonds. The minimum Gasteiger partial charge on any atom is -0.481 e. The molecule has 2 atom stereocenters. The van der Waals surface area contributed by atoms with Crippen LogP contribution in [0.2, 0.25) is 0 Å². The smallest absolute Gasteiger partial charge is 0.309 e. The van der Waals surface area contributed by atoms with Gasteiger partial charge in [-0.15, -0.1) is 0 Å². The minimum absolute atomic E-state index is 0.177. The fourth-order valence-corrected chi connectivity index (χ4v) is 4.05. The Kier molecular flexibility index (Phi) is 23.2. The van der Waals surface area contributed by atoms with E-state index in [0.29, 0.717) is 6.61 Å². The van der Waals surface area contributed by atoms with E-state index in [-0.39, 0.29) is 12.0 Å². The number of aliphatic carboxylic acids is 1. The predicted octanol–water partition coefficient (Wildman–Crippen LogP) is 9.10. The average Bonchev–Trinajstić information content (AvgIpc) is 2.75. The predicted molar refractivity (Wildman–Crippen MR) is 135 cm³/mol. The van der Waals surface area contributed by atoms with Crippen LogP contribution in [0.5, 0.6) is 0 Å². The van der Waals surface area contributed by atoms with Crippen LogP contribution in [-0.2, 0) is 9.53 Å². The molecule has 2 unspecified atom stereocenters. The van der Waals surface area contributed by atoms with Gasteiger partial charge in [0.05, 0.1) is 12.0 Å². The molecule has 0 aliphatic heterocycles. The molecule has 0 aromatic carbocycles. The quantitative estimate of drug-likeness (QED) is 0.121. The van der Waals surface area contributed by atoms with E-state index in [1.165, 1.54) is 89.9 Å². The van der Waals surface area contributed by atoms with Crippen LogP contribution in [0.25, 0.3) is 0 Å². The van der Waals surface area contributed by atoms with E-state index in [4.69, 9.17) is 4.74 Å². The van der Waals surface area contributed by atoms with E-state index in [1.54, 1.807) is 0 Å². The SMILES string of the molecule is CCCCCCCCC=CCCCCCCCCCCC(C(=O)O)C(C)OCCCC. The van der Waals surface area contributed by atoms with Crippen LogP contribution in [0.4, 0.5) is 0 Å². The van der Waals surface area contributed by atoms with Crippen molar-refractivity contribution in [3.05, 3.63) is 12.2 Å². The van der Waals surface area contributed by atoms with E-state index < -0.39 is 5.97 Å². The Hall–Kier alpha value is -0.830. The highest BCUT2D eigenvalue weighted by atomic mass is 16.5. The molecule has 31 heavy (non-hydrogen) atoms. The van der Waals surface area contributed by atoms with Crippen molar-refractivity contribution in [1.29, 1.82) is 0 Å². The zero-order chi connectivity index (χ0) is 23.0. The van der Waals surface area contributed by atoms with Crippen molar-refractivity contribution >= 4 is 5.97 Å². The molecule has 0 spiro atoms. The van der Waals surface area contributed by atoms with Crippen LogP contribution in [0.15, 0.2) is 12.2 Å². The summed E-state index contributed by atoms with van der Waals surface area (Å²) in [6.45, 7) is 6.99. The van der Waals surface area contributed by atoms with E-state index in [1.807, 2.05) is 6.92 Å². The van der Waals surface area contributed by atoms with Gasteiger partial charge < -0.3 is 9.84 Å². The largest absolute Gasteiger partial charge is 0.481 e. The Balaban J connectivity index is 3.46. The highest BCUT2D eigenvalue weighted by Crippen LogP contribution is 2.19. The van der Waals surface area contributed by atoms with E-state index in [2.05, 4.69) is 26.0 Å². The Morgan fingerprint density at radius 1 is 0.710 bits per heavy atom. The Morgan fingerprint density at radius 3 is 1.65 bits per heavy atom. The Labute approximate surface area is 194 Å². The number of ether oxygens (including phenoxy) is 1. The van der Waals surface area contributed by atoms with Gasteiger partial charge in [0.25, 0.3) is 0 Å². The number of hydrogen-bond donors (Lipinski definition) is 1. The molecule has 1 N–H and O–H groups in total. The first-order chi connectivity index (χ1) is 15.1. The topological polar surface area (TPSA) is 46.5 Å². The minimum atomic E-state index is -0.704. The molecular formula is C28H54O3. The maximum Gasteiger partial charge on any atom is 0.309 e. The van der Waals surface area contributed by atoms with Gasteiger partial charge in [0, 0.05) is 6.61 Å². The molecule has 0 heterocycles. The Morgan fingerprint density at radius 2 is 1.16 bits per heavy atom. The van der Waals surface area contributed by atoms with Gasteiger partial charge in [-0.1, -0.05) is 109 Å². The van der Waals surface area contributed by atoms with Crippen LogP contribution >= 0.6 is 0 Å². The van der Waals surface area contributed by atoms with Gasteiger partial charge in [0.1, 0.15) is 0 Å². The van der Waals surface area contributed by atoms with Gasteiger partial charge in [-0.25, -0.2) is 0 Å². The van der Waals surface area contributed by atoms with Crippen LogP contribution < -0.4 is 0 Å². The van der Waals surface area contributed by atoms with Crippen molar-refractivity contribution in [3.63, 3.8) is 0 Å². The summed E-state index contributed by atoms with van der Waals surface area (Å²) in [5, 5.41) is 9.46. The molecule has 0 aromatic rings. The van der Waals surface area contributed by atoms with Crippen molar-refractivity contribution in [2.45, 2.75) is 149 Å². The van der Waals surface area contributed by atoms with Crippen molar-refractivity contribution in [3.8, 4) is 0 Å². The molecule has 0 aliphatic rings. The number of rotatable bonds is 24. The zero-order valence-electron chi connectivity index (χ0n) is 21.2. The highest BCUT2D eigenvalue weighted by Gasteiger charge is 2.24. The van der Waals surface area contributed by atoms with Gasteiger partial charge in [-0.2, -0.15) is 0 Å². The number of carboxylic acid groups (broad SMARTS) is 1. The van der Waals surface area contributed by atoms with Crippen molar-refractivity contribution in [2.24, 2.45) is 5.92 Å². The van der Waals surface area contributed by atoms with Gasteiger partial charge >= 0.3 is 5.97 Å². The van der Waals surface area contributed by atoms with Gasteiger partial charge in [-0.05, 0) is 45.4 Å². The highest BCUT2D eigenvalue weighted by molar-refractivity contribution is 5.70. The molecule has 3 heteroatoms. The summed E-state index contributed by atoms with van der Waals surface area (Å²) in [5.41, 5.74) is 0. The number of carboxylic acids is 1. The molecular weight excluding hydrogens is 384 g/mol. The summed E-state index contributed by atoms with van der Waals surface area (Å²) in [7, 11) is 0. The molecule has 0 saturated carbocycles. The van der Waals surface area contributed by atoms with Crippen LogP contribution in [0.1, 0.15) is 143 Å². The standard InChI is InChI=1S/C28H54O3/c1-4-6-8-9-10-11-12-13-14-15-16-17-18-19-20-21-22-23-24-27(28(29)30)26(3)31-25-7-5-2/h13-14,26-27H,4-12,15-25H2,1-3H3,(H,29,30). The number of carbonyl (C=O) groups is 1. The van der Waals surface area contributed by atoms with Gasteiger partial charge in [0.2, 0.25) is 0 Å². The first-order valence-electron chi connectivity index (χ1n) is 13.6. The zero-order valence-corrected chi connectivity index (χ0v) is 21.2. The first-order valence-corrected chi connectivity index (χ1v) is 13.6. The Bertz CT molecular complexity index is 405. The number of unbranched alkanes of at least 4 members (excludes halogenated alkanes) is 15. The van der Waals surface area contributed by atoms with Crippen LogP contribution in [0.3, 0.4) is 0 Å².